The van der Waals surface area contributed by atoms with E-state index in [9.17, 15) is 5.11 Å². The lowest BCUT2D eigenvalue weighted by atomic mass is 9.64. The molecule has 2 saturated carbocycles. The average molecular weight is 211 g/mol. The molecule has 0 aromatic carbocycles. The van der Waals surface area contributed by atoms with Crippen LogP contribution >= 0.6 is 0 Å². The standard InChI is InChI=1S/C13H25NO/c1-9-4-6-10(7-5-9)14-11-8-12(15)13(11,2)3/h9-12,14-15H,4-8H2,1-3H3. The van der Waals surface area contributed by atoms with E-state index in [0.29, 0.717) is 12.1 Å². The van der Waals surface area contributed by atoms with Crippen molar-refractivity contribution in [3.63, 3.8) is 0 Å². The fraction of sp³-hybridized carbons (Fsp3) is 1.00. The number of rotatable bonds is 2. The van der Waals surface area contributed by atoms with Gasteiger partial charge in [0.1, 0.15) is 0 Å². The lowest BCUT2D eigenvalue weighted by molar-refractivity contribution is -0.0773. The van der Waals surface area contributed by atoms with Gasteiger partial charge < -0.3 is 10.4 Å². The molecule has 2 N–H and O–H groups in total. The second-order valence-corrected chi connectivity index (χ2v) is 6.25. The summed E-state index contributed by atoms with van der Waals surface area (Å²) >= 11 is 0. The highest BCUT2D eigenvalue weighted by Gasteiger charge is 2.47. The van der Waals surface area contributed by atoms with Crippen LogP contribution in [0.5, 0.6) is 0 Å². The normalized spacial score (nSPS) is 44.8. The van der Waals surface area contributed by atoms with E-state index in [0.717, 1.165) is 12.3 Å². The van der Waals surface area contributed by atoms with Gasteiger partial charge in [-0.05, 0) is 38.0 Å². The van der Waals surface area contributed by atoms with Crippen LogP contribution in [0, 0.1) is 11.3 Å². The van der Waals surface area contributed by atoms with Crippen molar-refractivity contribution in [2.24, 2.45) is 11.3 Å². The summed E-state index contributed by atoms with van der Waals surface area (Å²) in [5, 5.41) is 13.4. The number of nitrogens with one attached hydrogen (secondary N) is 1. The van der Waals surface area contributed by atoms with E-state index < -0.39 is 0 Å². The highest BCUT2D eigenvalue weighted by atomic mass is 16.3. The molecule has 2 atom stereocenters. The zero-order chi connectivity index (χ0) is 11.1. The Morgan fingerprint density at radius 1 is 1.13 bits per heavy atom. The highest BCUT2D eigenvalue weighted by molar-refractivity contribution is 5.02. The molecule has 0 spiro atoms. The van der Waals surface area contributed by atoms with Gasteiger partial charge in [0.2, 0.25) is 0 Å². The molecule has 2 heteroatoms. The van der Waals surface area contributed by atoms with Gasteiger partial charge in [0.25, 0.3) is 0 Å². The molecule has 0 aromatic heterocycles. The summed E-state index contributed by atoms with van der Waals surface area (Å²) in [6.45, 7) is 6.70. The second-order valence-electron chi connectivity index (χ2n) is 6.25. The quantitative estimate of drug-likeness (QED) is 0.734. The van der Waals surface area contributed by atoms with Gasteiger partial charge in [-0.1, -0.05) is 20.8 Å². The fourth-order valence-electron chi connectivity index (χ4n) is 2.90. The first-order chi connectivity index (χ1) is 7.00. The molecule has 0 bridgehead atoms. The van der Waals surface area contributed by atoms with Gasteiger partial charge in [0, 0.05) is 17.5 Å². The van der Waals surface area contributed by atoms with Gasteiger partial charge in [-0.2, -0.15) is 0 Å². The molecule has 15 heavy (non-hydrogen) atoms. The fourth-order valence-corrected chi connectivity index (χ4v) is 2.90. The minimum atomic E-state index is -0.0995. The van der Waals surface area contributed by atoms with Crippen LogP contribution in [-0.4, -0.2) is 23.3 Å². The van der Waals surface area contributed by atoms with Crippen molar-refractivity contribution in [2.45, 2.75) is 71.1 Å². The lowest BCUT2D eigenvalue weighted by Gasteiger charge is -2.51. The van der Waals surface area contributed by atoms with E-state index in [-0.39, 0.29) is 11.5 Å². The van der Waals surface area contributed by atoms with E-state index in [4.69, 9.17) is 0 Å². The van der Waals surface area contributed by atoms with Gasteiger partial charge in [0.15, 0.2) is 0 Å². The molecule has 0 aliphatic heterocycles. The minimum absolute atomic E-state index is 0.0864. The van der Waals surface area contributed by atoms with E-state index >= 15 is 0 Å². The molecule has 0 saturated heterocycles. The number of hydrogen-bond donors (Lipinski definition) is 2. The predicted molar refractivity (Wildman–Crippen MR) is 62.7 cm³/mol. The van der Waals surface area contributed by atoms with Crippen molar-refractivity contribution < 1.29 is 5.11 Å². The monoisotopic (exact) mass is 211 g/mol. The maximum absolute atomic E-state index is 9.68. The van der Waals surface area contributed by atoms with Crippen LogP contribution in [0.25, 0.3) is 0 Å². The van der Waals surface area contributed by atoms with Crippen LogP contribution in [0.15, 0.2) is 0 Å². The summed E-state index contributed by atoms with van der Waals surface area (Å²) in [4.78, 5) is 0. The molecule has 2 nitrogen and oxygen atoms in total. The first kappa shape index (κ1) is 11.4. The zero-order valence-corrected chi connectivity index (χ0v) is 10.3. The average Bonchev–Trinajstić information content (AvgIpc) is 2.21. The molecule has 2 rings (SSSR count). The van der Waals surface area contributed by atoms with Crippen molar-refractivity contribution in [3.8, 4) is 0 Å². The smallest absolute Gasteiger partial charge is 0.0621 e. The Labute approximate surface area is 93.5 Å². The summed E-state index contributed by atoms with van der Waals surface area (Å²) < 4.78 is 0. The van der Waals surface area contributed by atoms with E-state index in [2.05, 4.69) is 26.1 Å². The number of aliphatic hydroxyl groups is 1. The molecule has 0 heterocycles. The van der Waals surface area contributed by atoms with Crippen molar-refractivity contribution in [1.29, 1.82) is 0 Å². The Kier molecular flexibility index (Phi) is 3.09. The third-order valence-corrected chi connectivity index (χ3v) is 4.67. The van der Waals surface area contributed by atoms with Gasteiger partial charge in [-0.3, -0.25) is 0 Å². The van der Waals surface area contributed by atoms with Gasteiger partial charge in [-0.25, -0.2) is 0 Å². The lowest BCUT2D eigenvalue weighted by Crippen LogP contribution is -2.62. The Bertz CT molecular complexity index is 219. The van der Waals surface area contributed by atoms with Crippen LogP contribution in [0.2, 0.25) is 0 Å². The molecule has 2 aliphatic carbocycles. The predicted octanol–water partition coefficient (Wildman–Crippen LogP) is 2.31. The van der Waals surface area contributed by atoms with E-state index in [1.165, 1.54) is 25.7 Å². The van der Waals surface area contributed by atoms with Gasteiger partial charge >= 0.3 is 0 Å². The first-order valence-electron chi connectivity index (χ1n) is 6.44. The Balaban J connectivity index is 1.79. The van der Waals surface area contributed by atoms with Crippen LogP contribution in [0.4, 0.5) is 0 Å². The largest absolute Gasteiger partial charge is 0.392 e. The maximum Gasteiger partial charge on any atom is 0.0621 e. The topological polar surface area (TPSA) is 32.3 Å². The molecular weight excluding hydrogens is 186 g/mol. The Hall–Kier alpha value is -0.0800. The molecule has 0 radical (unpaired) electrons. The van der Waals surface area contributed by atoms with Crippen LogP contribution < -0.4 is 5.32 Å². The number of hydrogen-bond acceptors (Lipinski definition) is 2. The minimum Gasteiger partial charge on any atom is -0.392 e. The Morgan fingerprint density at radius 2 is 1.73 bits per heavy atom. The SMILES string of the molecule is CC1CCC(NC2CC(O)C2(C)C)CC1. The summed E-state index contributed by atoms with van der Waals surface area (Å²) in [7, 11) is 0. The van der Waals surface area contributed by atoms with Crippen molar-refractivity contribution in [1.82, 2.24) is 5.32 Å². The molecular formula is C13H25NO. The highest BCUT2D eigenvalue weighted by Crippen LogP contribution is 2.41. The van der Waals surface area contributed by atoms with Crippen LogP contribution in [-0.2, 0) is 0 Å². The first-order valence-corrected chi connectivity index (χ1v) is 6.44. The molecule has 2 aliphatic rings. The van der Waals surface area contributed by atoms with Crippen molar-refractivity contribution in [3.05, 3.63) is 0 Å². The summed E-state index contributed by atoms with van der Waals surface area (Å²) in [5.74, 6) is 0.919. The van der Waals surface area contributed by atoms with E-state index in [1.54, 1.807) is 0 Å². The number of aliphatic hydroxyl groups excluding tert-OH is 1. The second kappa shape index (κ2) is 4.06. The Morgan fingerprint density at radius 3 is 2.20 bits per heavy atom. The third-order valence-electron chi connectivity index (χ3n) is 4.67. The van der Waals surface area contributed by atoms with Crippen LogP contribution in [0.3, 0.4) is 0 Å². The molecule has 2 fully saturated rings. The van der Waals surface area contributed by atoms with Gasteiger partial charge in [-0.15, -0.1) is 0 Å². The molecule has 88 valence electrons. The van der Waals surface area contributed by atoms with Crippen molar-refractivity contribution >= 4 is 0 Å². The maximum atomic E-state index is 9.68. The molecule has 0 amide bonds. The van der Waals surface area contributed by atoms with E-state index in [1.807, 2.05) is 0 Å². The summed E-state index contributed by atoms with van der Waals surface area (Å²) in [5.41, 5.74) is 0.0864. The summed E-state index contributed by atoms with van der Waals surface area (Å²) in [6, 6.07) is 1.24. The zero-order valence-electron chi connectivity index (χ0n) is 10.3. The summed E-state index contributed by atoms with van der Waals surface area (Å²) in [6.07, 6.45) is 6.23. The molecule has 2 unspecified atom stereocenters. The van der Waals surface area contributed by atoms with Gasteiger partial charge in [0.05, 0.1) is 6.10 Å². The third kappa shape index (κ3) is 2.21. The molecule has 0 aromatic rings. The van der Waals surface area contributed by atoms with Crippen molar-refractivity contribution in [2.75, 3.05) is 0 Å². The van der Waals surface area contributed by atoms with Crippen LogP contribution in [0.1, 0.15) is 52.9 Å².